The predicted molar refractivity (Wildman–Crippen MR) is 102 cm³/mol. The standard InChI is InChI=1S/C19H14F6N3O6S/c1-11-15(29)27(13-2-4-14(5-3-13)35(32,33)19(23,24)25)17(31)28(11,34-16(30)18(20,21)22)10-12-6-8-26-9-7-12/h2-9,11H,10H2,1H3/q+1. The van der Waals surface area contributed by atoms with Crippen LogP contribution in [0.2, 0.25) is 0 Å². The molecule has 0 saturated carbocycles. The highest BCUT2D eigenvalue weighted by atomic mass is 32.2. The number of rotatable bonds is 5. The largest absolute Gasteiger partial charge is 0.501 e. The summed E-state index contributed by atoms with van der Waals surface area (Å²) in [6, 6.07) is 1.76. The van der Waals surface area contributed by atoms with Crippen LogP contribution in [-0.4, -0.2) is 53.7 Å². The molecule has 1 saturated heterocycles. The third-order valence-corrected chi connectivity index (χ3v) is 6.57. The van der Waals surface area contributed by atoms with Crippen LogP contribution in [0.5, 0.6) is 0 Å². The van der Waals surface area contributed by atoms with Gasteiger partial charge in [-0.15, -0.1) is 0 Å². The van der Waals surface area contributed by atoms with Gasteiger partial charge in [0.25, 0.3) is 9.84 Å². The summed E-state index contributed by atoms with van der Waals surface area (Å²) in [4.78, 5) is 45.2. The first-order valence-electron chi connectivity index (χ1n) is 9.39. The summed E-state index contributed by atoms with van der Waals surface area (Å²) < 4.78 is 98.6. The molecule has 1 aliphatic heterocycles. The van der Waals surface area contributed by atoms with Gasteiger partial charge in [0.2, 0.25) is 6.04 Å². The van der Waals surface area contributed by atoms with Crippen molar-refractivity contribution in [1.82, 2.24) is 4.98 Å². The van der Waals surface area contributed by atoms with Crippen LogP contribution in [0.3, 0.4) is 0 Å². The normalized spacial score (nSPS) is 21.3. The van der Waals surface area contributed by atoms with E-state index >= 15 is 0 Å². The molecule has 16 heteroatoms. The molecular weight excluding hydrogens is 512 g/mol. The summed E-state index contributed by atoms with van der Waals surface area (Å²) in [6.07, 6.45) is -3.04. The van der Waals surface area contributed by atoms with Gasteiger partial charge in [-0.25, -0.2) is 18.0 Å². The number of aromatic nitrogens is 1. The maximum atomic E-state index is 13.3. The maximum absolute atomic E-state index is 13.3. The van der Waals surface area contributed by atoms with Gasteiger partial charge in [0.1, 0.15) is 0 Å². The monoisotopic (exact) mass is 526 g/mol. The Kier molecular flexibility index (Phi) is 6.41. The number of benzene rings is 1. The first-order valence-corrected chi connectivity index (χ1v) is 10.9. The predicted octanol–water partition coefficient (Wildman–Crippen LogP) is 3.27. The number of hydrogen-bond donors (Lipinski definition) is 0. The van der Waals surface area contributed by atoms with E-state index in [1.54, 1.807) is 0 Å². The van der Waals surface area contributed by atoms with Crippen molar-refractivity contribution in [3.63, 3.8) is 0 Å². The van der Waals surface area contributed by atoms with E-state index in [4.69, 9.17) is 0 Å². The lowest BCUT2D eigenvalue weighted by molar-refractivity contribution is -1.04. The summed E-state index contributed by atoms with van der Waals surface area (Å²) in [7, 11) is -5.74. The molecule has 1 aromatic heterocycles. The van der Waals surface area contributed by atoms with Crippen molar-refractivity contribution in [3.05, 3.63) is 54.4 Å². The van der Waals surface area contributed by atoms with Crippen LogP contribution < -0.4 is 4.90 Å². The molecule has 35 heavy (non-hydrogen) atoms. The van der Waals surface area contributed by atoms with Gasteiger partial charge in [-0.05, 0) is 41.0 Å². The molecule has 9 nitrogen and oxygen atoms in total. The second kappa shape index (κ2) is 8.60. The number of hydrogen-bond acceptors (Lipinski definition) is 7. The van der Waals surface area contributed by atoms with Crippen LogP contribution >= 0.6 is 0 Å². The number of urea groups is 1. The number of pyridine rings is 1. The number of alkyl halides is 6. The number of quaternary nitrogens is 1. The topological polar surface area (TPSA) is 111 Å². The zero-order chi connectivity index (χ0) is 26.4. The van der Waals surface area contributed by atoms with Crippen molar-refractivity contribution in [2.45, 2.75) is 36.1 Å². The van der Waals surface area contributed by atoms with Gasteiger partial charge in [-0.1, -0.05) is 0 Å². The van der Waals surface area contributed by atoms with Crippen LogP contribution in [0.15, 0.2) is 53.7 Å². The second-order valence-corrected chi connectivity index (χ2v) is 9.20. The van der Waals surface area contributed by atoms with Gasteiger partial charge in [0.05, 0.1) is 10.6 Å². The molecule has 2 aromatic rings. The fraction of sp³-hybridized carbons (Fsp3) is 0.263. The van der Waals surface area contributed by atoms with Crippen LogP contribution in [0, 0.1) is 0 Å². The van der Waals surface area contributed by atoms with Crippen molar-refractivity contribution in [2.24, 2.45) is 0 Å². The maximum Gasteiger partial charge on any atom is 0.501 e. The summed E-state index contributed by atoms with van der Waals surface area (Å²) in [5.41, 5.74) is -5.91. The summed E-state index contributed by atoms with van der Waals surface area (Å²) in [6.45, 7) is 0.306. The molecule has 0 radical (unpaired) electrons. The smallest absolute Gasteiger partial charge is 0.267 e. The Bertz CT molecular complexity index is 1260. The van der Waals surface area contributed by atoms with Crippen molar-refractivity contribution >= 4 is 33.4 Å². The van der Waals surface area contributed by atoms with Crippen LogP contribution in [-0.2, 0) is 30.8 Å². The van der Waals surface area contributed by atoms with Crippen molar-refractivity contribution in [1.29, 1.82) is 0 Å². The number of amides is 3. The lowest BCUT2D eigenvalue weighted by Gasteiger charge is -2.29. The van der Waals surface area contributed by atoms with Gasteiger partial charge in [0, 0.05) is 24.9 Å². The van der Waals surface area contributed by atoms with E-state index in [-0.39, 0.29) is 5.56 Å². The van der Waals surface area contributed by atoms with Crippen molar-refractivity contribution in [3.8, 4) is 0 Å². The molecule has 2 unspecified atom stereocenters. The Morgan fingerprint density at radius 3 is 2.06 bits per heavy atom. The molecule has 1 fully saturated rings. The Morgan fingerprint density at radius 2 is 1.57 bits per heavy atom. The summed E-state index contributed by atoms with van der Waals surface area (Å²) >= 11 is 0. The van der Waals surface area contributed by atoms with Gasteiger partial charge >= 0.3 is 29.6 Å². The number of halogens is 6. The molecule has 0 N–H and O–H groups in total. The number of carbonyl (C=O) groups excluding carboxylic acids is 3. The Balaban J connectivity index is 2.06. The molecule has 2 atom stereocenters. The average Bonchev–Trinajstić information content (AvgIpc) is 2.94. The molecule has 3 rings (SSSR count). The molecule has 0 aliphatic carbocycles. The summed E-state index contributed by atoms with van der Waals surface area (Å²) in [5, 5.41) is 0. The van der Waals surface area contributed by atoms with Gasteiger partial charge in [0.15, 0.2) is 6.54 Å². The van der Waals surface area contributed by atoms with Gasteiger partial charge in [-0.2, -0.15) is 31.2 Å². The van der Waals surface area contributed by atoms with Crippen LogP contribution in [0.4, 0.5) is 36.8 Å². The van der Waals surface area contributed by atoms with Crippen molar-refractivity contribution < 1.29 is 58.6 Å². The van der Waals surface area contributed by atoms with Crippen LogP contribution in [0.25, 0.3) is 0 Å². The summed E-state index contributed by atoms with van der Waals surface area (Å²) in [5.74, 6) is -3.90. The lowest BCUT2D eigenvalue weighted by Crippen LogP contribution is -2.57. The van der Waals surface area contributed by atoms with Gasteiger partial charge < -0.3 is 0 Å². The SMILES string of the molecule is CC1C(=O)N(c2ccc(S(=O)(=O)C(F)(F)F)cc2)C(=O)[N+]1(Cc1ccncc1)OC(=O)C(F)(F)F. The molecule has 2 heterocycles. The number of carbonyl (C=O) groups is 3. The lowest BCUT2D eigenvalue weighted by atomic mass is 10.2. The molecule has 3 amide bonds. The fourth-order valence-corrected chi connectivity index (χ4v) is 4.02. The third-order valence-electron chi connectivity index (χ3n) is 5.07. The van der Waals surface area contributed by atoms with Crippen LogP contribution in [0.1, 0.15) is 12.5 Å². The Hall–Kier alpha value is -3.53. The third kappa shape index (κ3) is 4.58. The zero-order valence-electron chi connectivity index (χ0n) is 17.4. The second-order valence-electron chi connectivity index (χ2n) is 7.26. The molecule has 1 aromatic carbocycles. The van der Waals surface area contributed by atoms with Crippen molar-refractivity contribution in [2.75, 3.05) is 4.90 Å². The highest BCUT2D eigenvalue weighted by Gasteiger charge is 2.65. The first kappa shape index (κ1) is 26.1. The highest BCUT2D eigenvalue weighted by Crippen LogP contribution is 2.37. The minimum absolute atomic E-state index is 0.163. The van der Waals surface area contributed by atoms with E-state index in [2.05, 4.69) is 9.82 Å². The molecular formula is C19H14F6N3O6S+. The van der Waals surface area contributed by atoms with E-state index in [1.165, 1.54) is 24.5 Å². The Morgan fingerprint density at radius 1 is 1.03 bits per heavy atom. The molecule has 1 aliphatic rings. The van der Waals surface area contributed by atoms with E-state index in [0.717, 1.165) is 6.92 Å². The number of imide groups is 1. The number of sulfone groups is 1. The molecule has 188 valence electrons. The fourth-order valence-electron chi connectivity index (χ4n) is 3.25. The number of hydroxylamine groups is 3. The van der Waals surface area contributed by atoms with E-state index in [0.29, 0.717) is 29.2 Å². The zero-order valence-corrected chi connectivity index (χ0v) is 18.2. The van der Waals surface area contributed by atoms with E-state index < -0.39 is 67.2 Å². The van der Waals surface area contributed by atoms with E-state index in [9.17, 15) is 49.1 Å². The number of nitrogens with zero attached hydrogens (tertiary/aromatic N) is 3. The number of anilines is 1. The average molecular weight is 526 g/mol. The highest BCUT2D eigenvalue weighted by molar-refractivity contribution is 7.92. The Labute approximate surface area is 193 Å². The minimum atomic E-state index is -5.74. The quantitative estimate of drug-likeness (QED) is 0.334. The van der Waals surface area contributed by atoms with E-state index in [1.807, 2.05) is 0 Å². The molecule has 0 spiro atoms. The first-order chi connectivity index (χ1) is 16.0. The molecule has 0 bridgehead atoms. The van der Waals surface area contributed by atoms with Gasteiger partial charge in [-0.3, -0.25) is 14.6 Å². The minimum Gasteiger partial charge on any atom is -0.267 e.